The Morgan fingerprint density at radius 3 is 2.25 bits per heavy atom. The number of rotatable bonds is 3. The molecule has 20 heavy (non-hydrogen) atoms. The number of aryl methyl sites for hydroxylation is 3. The van der Waals surface area contributed by atoms with Crippen molar-refractivity contribution in [3.63, 3.8) is 0 Å². The summed E-state index contributed by atoms with van der Waals surface area (Å²) in [4.78, 5) is 0. The highest BCUT2D eigenvalue weighted by Gasteiger charge is 2.37. The number of alkyl halides is 3. The van der Waals surface area contributed by atoms with Gasteiger partial charge < -0.3 is 5.32 Å². The van der Waals surface area contributed by atoms with Gasteiger partial charge in [0.1, 0.15) is 11.5 Å². The Morgan fingerprint density at radius 2 is 1.75 bits per heavy atom. The van der Waals surface area contributed by atoms with Crippen molar-refractivity contribution < 1.29 is 13.2 Å². The van der Waals surface area contributed by atoms with Gasteiger partial charge in [0.2, 0.25) is 0 Å². The summed E-state index contributed by atoms with van der Waals surface area (Å²) in [5.41, 5.74) is 0.246. The molecule has 0 amide bonds. The minimum Gasteiger partial charge on any atom is -0.366 e. The van der Waals surface area contributed by atoms with E-state index in [9.17, 15) is 13.2 Å². The van der Waals surface area contributed by atoms with Crippen molar-refractivity contribution in [2.45, 2.75) is 19.6 Å². The quantitative estimate of drug-likeness (QED) is 0.947. The lowest BCUT2D eigenvalue weighted by molar-refractivity contribution is -0.144. The van der Waals surface area contributed by atoms with Crippen LogP contribution in [0.25, 0.3) is 0 Å². The number of nitrogens with one attached hydrogen (secondary N) is 1. The molecule has 2 rings (SSSR count). The van der Waals surface area contributed by atoms with Gasteiger partial charge in [-0.05, 0) is 6.92 Å². The molecule has 2 aromatic rings. The van der Waals surface area contributed by atoms with Gasteiger partial charge in [0.15, 0.2) is 0 Å². The zero-order valence-electron chi connectivity index (χ0n) is 11.2. The summed E-state index contributed by atoms with van der Waals surface area (Å²) in [7, 11) is 3.00. The van der Waals surface area contributed by atoms with Crippen molar-refractivity contribution in [1.29, 1.82) is 0 Å². The Bertz CT molecular complexity index is 568. The molecule has 0 saturated heterocycles. The molecule has 9 heteroatoms. The van der Waals surface area contributed by atoms with E-state index in [-0.39, 0.29) is 24.5 Å². The Morgan fingerprint density at radius 1 is 1.15 bits per heavy atom. The third kappa shape index (κ3) is 3.06. The van der Waals surface area contributed by atoms with Crippen LogP contribution >= 0.6 is 12.4 Å². The highest BCUT2D eigenvalue weighted by molar-refractivity contribution is 5.85. The Kier molecular flexibility index (Phi) is 4.69. The molecule has 0 unspecified atom stereocenters. The van der Waals surface area contributed by atoms with Crippen LogP contribution in [-0.4, -0.2) is 19.6 Å². The van der Waals surface area contributed by atoms with Crippen LogP contribution in [-0.2, 0) is 26.8 Å². The van der Waals surface area contributed by atoms with Crippen molar-refractivity contribution in [2.24, 2.45) is 14.1 Å². The highest BCUT2D eigenvalue weighted by atomic mass is 35.5. The molecular formula is C11H15ClF3N5. The maximum Gasteiger partial charge on any atom is 0.433 e. The normalized spacial score (nSPS) is 11.3. The van der Waals surface area contributed by atoms with Crippen molar-refractivity contribution >= 4 is 18.2 Å². The molecule has 112 valence electrons. The number of nitrogens with zero attached hydrogens (tertiary/aromatic N) is 4. The molecule has 0 aromatic carbocycles. The number of aromatic nitrogens is 4. The van der Waals surface area contributed by atoms with E-state index in [4.69, 9.17) is 0 Å². The van der Waals surface area contributed by atoms with E-state index in [0.29, 0.717) is 5.82 Å². The summed E-state index contributed by atoms with van der Waals surface area (Å²) < 4.78 is 41.0. The number of hydrogen-bond acceptors (Lipinski definition) is 3. The third-order valence-corrected chi connectivity index (χ3v) is 2.85. The molecule has 5 nitrogen and oxygen atoms in total. The summed E-state index contributed by atoms with van der Waals surface area (Å²) in [5.74, 6) is 0.692. The van der Waals surface area contributed by atoms with E-state index in [1.807, 2.05) is 6.92 Å². The van der Waals surface area contributed by atoms with Crippen molar-refractivity contribution in [1.82, 2.24) is 19.6 Å². The third-order valence-electron chi connectivity index (χ3n) is 2.85. The van der Waals surface area contributed by atoms with E-state index < -0.39 is 11.9 Å². The number of hydrogen-bond donors (Lipinski definition) is 1. The SMILES string of the molecule is Cc1cnn(C)c1NCc1cnn(C)c1C(F)(F)F.Cl. The molecular weight excluding hydrogens is 295 g/mol. The standard InChI is InChI=1S/C11H14F3N5.ClH/c1-7-4-16-19(3)10(7)15-5-8-6-17-18(2)9(8)11(12,13)14;/h4,6,15H,5H2,1-3H3;1H. The molecule has 1 N–H and O–H groups in total. The van der Waals surface area contributed by atoms with E-state index in [2.05, 4.69) is 15.5 Å². The topological polar surface area (TPSA) is 47.7 Å². The monoisotopic (exact) mass is 309 g/mol. The maximum atomic E-state index is 12.9. The zero-order chi connectivity index (χ0) is 14.2. The fourth-order valence-corrected chi connectivity index (χ4v) is 1.96. The first kappa shape index (κ1) is 16.4. The zero-order valence-corrected chi connectivity index (χ0v) is 12.0. The first-order valence-electron chi connectivity index (χ1n) is 5.61. The van der Waals surface area contributed by atoms with Crippen LogP contribution in [0.3, 0.4) is 0 Å². The van der Waals surface area contributed by atoms with Gasteiger partial charge in [-0.25, -0.2) is 0 Å². The second kappa shape index (κ2) is 5.74. The molecule has 0 radical (unpaired) electrons. The van der Waals surface area contributed by atoms with Gasteiger partial charge in [0, 0.05) is 31.8 Å². The molecule has 0 aliphatic rings. The molecule has 0 spiro atoms. The summed E-state index contributed by atoms with van der Waals surface area (Å²) in [6.45, 7) is 1.88. The lowest BCUT2D eigenvalue weighted by Gasteiger charge is -2.11. The second-order valence-corrected chi connectivity index (χ2v) is 4.29. The van der Waals surface area contributed by atoms with Crippen molar-refractivity contribution in [3.05, 3.63) is 29.2 Å². The van der Waals surface area contributed by atoms with E-state index in [0.717, 1.165) is 10.2 Å². The van der Waals surface area contributed by atoms with E-state index in [1.165, 1.54) is 13.2 Å². The molecule has 0 aliphatic carbocycles. The maximum absolute atomic E-state index is 12.9. The van der Waals surface area contributed by atoms with Crippen LogP contribution in [0.4, 0.5) is 19.0 Å². The molecule has 0 atom stereocenters. The Balaban J connectivity index is 0.00000200. The van der Waals surface area contributed by atoms with Crippen LogP contribution in [0.15, 0.2) is 12.4 Å². The largest absolute Gasteiger partial charge is 0.433 e. The van der Waals surface area contributed by atoms with Gasteiger partial charge in [0.25, 0.3) is 0 Å². The lowest BCUT2D eigenvalue weighted by Crippen LogP contribution is -2.16. The first-order chi connectivity index (χ1) is 8.80. The second-order valence-electron chi connectivity index (χ2n) is 4.29. The van der Waals surface area contributed by atoms with Gasteiger partial charge in [-0.2, -0.15) is 23.4 Å². The summed E-state index contributed by atoms with van der Waals surface area (Å²) in [5, 5.41) is 10.6. The average molecular weight is 310 g/mol. The van der Waals surface area contributed by atoms with Crippen LogP contribution in [0.1, 0.15) is 16.8 Å². The van der Waals surface area contributed by atoms with E-state index in [1.54, 1.807) is 17.9 Å². The molecule has 0 fully saturated rings. The fourth-order valence-electron chi connectivity index (χ4n) is 1.96. The smallest absolute Gasteiger partial charge is 0.366 e. The van der Waals surface area contributed by atoms with Crippen molar-refractivity contribution in [3.8, 4) is 0 Å². The minimum absolute atomic E-state index is 0. The van der Waals surface area contributed by atoms with Gasteiger partial charge >= 0.3 is 6.18 Å². The lowest BCUT2D eigenvalue weighted by atomic mass is 10.2. The first-order valence-corrected chi connectivity index (χ1v) is 5.61. The summed E-state index contributed by atoms with van der Waals surface area (Å²) >= 11 is 0. The van der Waals surface area contributed by atoms with Crippen LogP contribution in [0.5, 0.6) is 0 Å². The Labute approximate surface area is 120 Å². The van der Waals surface area contributed by atoms with Crippen LogP contribution in [0, 0.1) is 6.92 Å². The predicted molar refractivity (Wildman–Crippen MR) is 70.7 cm³/mol. The van der Waals surface area contributed by atoms with Crippen molar-refractivity contribution in [2.75, 3.05) is 5.32 Å². The van der Waals surface area contributed by atoms with Crippen LogP contribution < -0.4 is 5.32 Å². The van der Waals surface area contributed by atoms with Gasteiger partial charge in [0.05, 0.1) is 12.4 Å². The number of halogens is 4. The van der Waals surface area contributed by atoms with E-state index >= 15 is 0 Å². The minimum atomic E-state index is -4.41. The predicted octanol–water partition coefficient (Wildman–Crippen LogP) is 2.51. The van der Waals surface area contributed by atoms with Gasteiger partial charge in [-0.3, -0.25) is 9.36 Å². The fraction of sp³-hybridized carbons (Fsp3) is 0.455. The average Bonchev–Trinajstić information content (AvgIpc) is 2.80. The molecule has 0 saturated carbocycles. The highest BCUT2D eigenvalue weighted by Crippen LogP contribution is 2.31. The number of anilines is 1. The summed E-state index contributed by atoms with van der Waals surface area (Å²) in [6, 6.07) is 0. The molecule has 0 bridgehead atoms. The Hall–Kier alpha value is -1.70. The molecule has 0 aliphatic heterocycles. The van der Waals surface area contributed by atoms with Gasteiger partial charge in [-0.1, -0.05) is 0 Å². The molecule has 2 aromatic heterocycles. The van der Waals surface area contributed by atoms with Gasteiger partial charge in [-0.15, -0.1) is 12.4 Å². The summed E-state index contributed by atoms with van der Waals surface area (Å²) in [6.07, 6.45) is -1.54. The van der Waals surface area contributed by atoms with Crippen LogP contribution in [0.2, 0.25) is 0 Å². The molecule has 2 heterocycles.